The average molecular weight is 241 g/mol. The minimum atomic E-state index is 0.716. The van der Waals surface area contributed by atoms with Gasteiger partial charge in [0, 0.05) is 17.8 Å². The summed E-state index contributed by atoms with van der Waals surface area (Å²) in [5, 5.41) is 5.42. The highest BCUT2D eigenvalue weighted by Gasteiger charge is 2.24. The summed E-state index contributed by atoms with van der Waals surface area (Å²) in [5.74, 6) is 0. The smallest absolute Gasteiger partial charge is 0.156 e. The number of nitrogens with zero attached hydrogens (tertiary/aromatic N) is 2. The molecule has 0 aromatic carbocycles. The lowest BCUT2D eigenvalue weighted by Gasteiger charge is -2.23. The van der Waals surface area contributed by atoms with Gasteiger partial charge in [0.25, 0.3) is 0 Å². The van der Waals surface area contributed by atoms with E-state index < -0.39 is 0 Å². The van der Waals surface area contributed by atoms with Crippen molar-refractivity contribution in [2.75, 3.05) is 26.2 Å². The molecule has 0 radical (unpaired) electrons. The van der Waals surface area contributed by atoms with Crippen molar-refractivity contribution in [3.63, 3.8) is 0 Å². The van der Waals surface area contributed by atoms with Crippen molar-refractivity contribution in [1.82, 2.24) is 10.2 Å². The summed E-state index contributed by atoms with van der Waals surface area (Å²) in [7, 11) is 0. The van der Waals surface area contributed by atoms with E-state index in [9.17, 15) is 0 Å². The summed E-state index contributed by atoms with van der Waals surface area (Å²) in [6.45, 7) is 9.05. The molecule has 0 aliphatic carbocycles. The summed E-state index contributed by atoms with van der Waals surface area (Å²) in [6.07, 6.45) is 3.93. The molecule has 1 fully saturated rings. The Kier molecular flexibility index (Phi) is 4.53. The van der Waals surface area contributed by atoms with Crippen molar-refractivity contribution in [3.8, 4) is 0 Å². The minimum absolute atomic E-state index is 0.716. The van der Waals surface area contributed by atoms with E-state index in [0.717, 1.165) is 19.1 Å². The number of likely N-dealkylation sites (N-methyl/N-ethyl adjacent to an activating group) is 1. The first-order chi connectivity index (χ1) is 7.83. The fourth-order valence-corrected chi connectivity index (χ4v) is 3.42. The third-order valence-electron chi connectivity index (χ3n) is 3.57. The molecule has 4 heteroatoms. The van der Waals surface area contributed by atoms with Gasteiger partial charge in [-0.05, 0) is 32.4 Å². The van der Waals surface area contributed by atoms with Gasteiger partial charge in [-0.2, -0.15) is 0 Å². The number of aliphatic imine (C=N–C) groups is 1. The molecule has 0 amide bonds. The van der Waals surface area contributed by atoms with Crippen LogP contribution in [0.3, 0.4) is 0 Å². The van der Waals surface area contributed by atoms with Crippen molar-refractivity contribution in [3.05, 3.63) is 0 Å². The Hall–Kier alpha value is -0.220. The molecule has 1 saturated heterocycles. The van der Waals surface area contributed by atoms with E-state index in [2.05, 4.69) is 29.1 Å². The van der Waals surface area contributed by atoms with Gasteiger partial charge in [-0.1, -0.05) is 25.6 Å². The van der Waals surface area contributed by atoms with Crippen molar-refractivity contribution >= 4 is 16.9 Å². The summed E-state index contributed by atoms with van der Waals surface area (Å²) in [6, 6.07) is 0.731. The fourth-order valence-electron chi connectivity index (χ4n) is 2.47. The highest BCUT2D eigenvalue weighted by Crippen LogP contribution is 2.22. The van der Waals surface area contributed by atoms with Crippen molar-refractivity contribution in [2.45, 2.75) is 44.4 Å². The summed E-state index contributed by atoms with van der Waals surface area (Å²) in [4.78, 5) is 7.12. The number of hydrogen-bond donors (Lipinski definition) is 1. The minimum Gasteiger partial charge on any atom is -0.363 e. The Labute approximate surface area is 103 Å². The fraction of sp³-hybridized carbons (Fsp3) is 0.917. The molecule has 0 saturated carbocycles. The van der Waals surface area contributed by atoms with Gasteiger partial charge in [0.2, 0.25) is 0 Å². The molecule has 2 rings (SSSR count). The largest absolute Gasteiger partial charge is 0.363 e. The molecule has 2 unspecified atom stereocenters. The second kappa shape index (κ2) is 5.92. The van der Waals surface area contributed by atoms with Gasteiger partial charge < -0.3 is 5.32 Å². The SMILES string of the molecule is CCC1CN=C(NCC2CCCN2CC)S1. The molecule has 0 aromatic rings. The third-order valence-corrected chi connectivity index (χ3v) is 4.88. The Bertz CT molecular complexity index is 255. The van der Waals surface area contributed by atoms with Gasteiger partial charge in [0.15, 0.2) is 5.17 Å². The van der Waals surface area contributed by atoms with Crippen LogP contribution in [0, 0.1) is 0 Å². The van der Waals surface area contributed by atoms with Crippen LogP contribution in [0.5, 0.6) is 0 Å². The van der Waals surface area contributed by atoms with Crippen LogP contribution >= 0.6 is 11.8 Å². The predicted octanol–water partition coefficient (Wildman–Crippen LogP) is 1.94. The predicted molar refractivity (Wildman–Crippen MR) is 72.2 cm³/mol. The van der Waals surface area contributed by atoms with Crippen molar-refractivity contribution < 1.29 is 0 Å². The lowest BCUT2D eigenvalue weighted by Crippen LogP contribution is -2.39. The molecule has 92 valence electrons. The second-order valence-corrected chi connectivity index (χ2v) is 5.89. The van der Waals surface area contributed by atoms with E-state index in [1.165, 1.54) is 37.5 Å². The van der Waals surface area contributed by atoms with E-state index >= 15 is 0 Å². The Morgan fingerprint density at radius 2 is 2.38 bits per heavy atom. The van der Waals surface area contributed by atoms with Crippen LogP contribution in [-0.4, -0.2) is 47.5 Å². The maximum absolute atomic E-state index is 4.55. The highest BCUT2D eigenvalue weighted by atomic mass is 32.2. The van der Waals surface area contributed by atoms with Crippen molar-refractivity contribution in [1.29, 1.82) is 0 Å². The molecule has 3 nitrogen and oxygen atoms in total. The standard InChI is InChI=1S/C12H23N3S/c1-3-11-9-14-12(16-11)13-8-10-6-5-7-15(10)4-2/h10-11H,3-9H2,1-2H3,(H,13,14). The van der Waals surface area contributed by atoms with E-state index in [4.69, 9.17) is 0 Å². The van der Waals surface area contributed by atoms with Gasteiger partial charge >= 0.3 is 0 Å². The van der Waals surface area contributed by atoms with E-state index in [0.29, 0.717) is 5.25 Å². The monoisotopic (exact) mass is 241 g/mol. The highest BCUT2D eigenvalue weighted by molar-refractivity contribution is 8.14. The molecular weight excluding hydrogens is 218 g/mol. The van der Waals surface area contributed by atoms with Crippen LogP contribution in [0.1, 0.15) is 33.1 Å². The number of thioether (sulfide) groups is 1. The lowest BCUT2D eigenvalue weighted by atomic mass is 10.2. The van der Waals surface area contributed by atoms with E-state index in [1.54, 1.807) is 0 Å². The first kappa shape index (κ1) is 12.2. The van der Waals surface area contributed by atoms with Crippen LogP contribution in [0.2, 0.25) is 0 Å². The van der Waals surface area contributed by atoms with Crippen molar-refractivity contribution in [2.24, 2.45) is 4.99 Å². The maximum atomic E-state index is 4.55. The van der Waals surface area contributed by atoms with Gasteiger partial charge in [0.1, 0.15) is 0 Å². The average Bonchev–Trinajstić information content (AvgIpc) is 2.94. The first-order valence-corrected chi connectivity index (χ1v) is 7.40. The van der Waals surface area contributed by atoms with Crippen LogP contribution in [0.15, 0.2) is 4.99 Å². The molecule has 1 N–H and O–H groups in total. The Morgan fingerprint density at radius 1 is 1.50 bits per heavy atom. The Morgan fingerprint density at radius 3 is 3.06 bits per heavy atom. The zero-order valence-electron chi connectivity index (χ0n) is 10.4. The normalized spacial score (nSPS) is 30.8. The molecule has 2 aliphatic rings. The number of amidine groups is 1. The van der Waals surface area contributed by atoms with Crippen LogP contribution in [-0.2, 0) is 0 Å². The zero-order valence-corrected chi connectivity index (χ0v) is 11.2. The topological polar surface area (TPSA) is 27.6 Å². The second-order valence-electron chi connectivity index (χ2n) is 4.60. The van der Waals surface area contributed by atoms with Gasteiger partial charge in [-0.3, -0.25) is 9.89 Å². The summed E-state index contributed by atoms with van der Waals surface area (Å²) in [5.41, 5.74) is 0. The molecule has 16 heavy (non-hydrogen) atoms. The molecule has 2 atom stereocenters. The number of nitrogens with one attached hydrogen (secondary N) is 1. The number of hydrogen-bond acceptors (Lipinski definition) is 4. The van der Waals surface area contributed by atoms with Gasteiger partial charge in [-0.25, -0.2) is 0 Å². The zero-order chi connectivity index (χ0) is 11.4. The summed E-state index contributed by atoms with van der Waals surface area (Å²) >= 11 is 1.92. The quantitative estimate of drug-likeness (QED) is 0.815. The van der Waals surface area contributed by atoms with Gasteiger partial charge in [0.05, 0.1) is 6.54 Å². The molecule has 0 bridgehead atoms. The van der Waals surface area contributed by atoms with Gasteiger partial charge in [-0.15, -0.1) is 0 Å². The maximum Gasteiger partial charge on any atom is 0.156 e. The van der Waals surface area contributed by atoms with Crippen LogP contribution in [0.4, 0.5) is 0 Å². The number of rotatable bonds is 4. The lowest BCUT2D eigenvalue weighted by molar-refractivity contribution is 0.267. The molecule has 0 spiro atoms. The molecule has 0 aromatic heterocycles. The Balaban J connectivity index is 1.71. The molecule has 2 heterocycles. The van der Waals surface area contributed by atoms with E-state index in [1.807, 2.05) is 11.8 Å². The first-order valence-electron chi connectivity index (χ1n) is 6.52. The van der Waals surface area contributed by atoms with E-state index in [-0.39, 0.29) is 0 Å². The third kappa shape index (κ3) is 2.92. The van der Waals surface area contributed by atoms with Crippen LogP contribution < -0.4 is 5.32 Å². The molecule has 2 aliphatic heterocycles. The number of likely N-dealkylation sites (tertiary alicyclic amines) is 1. The van der Waals surface area contributed by atoms with Crippen LogP contribution in [0.25, 0.3) is 0 Å². The molecular formula is C12H23N3S. The summed E-state index contributed by atoms with van der Waals surface area (Å²) < 4.78 is 0.